The second-order valence-electron chi connectivity index (χ2n) is 8.05. The summed E-state index contributed by atoms with van der Waals surface area (Å²) in [5.41, 5.74) is 4.74. The Morgan fingerprint density at radius 1 is 1.00 bits per heavy atom. The first-order chi connectivity index (χ1) is 16.4. The van der Waals surface area contributed by atoms with E-state index in [0.717, 1.165) is 47.2 Å². The van der Waals surface area contributed by atoms with Crippen LogP contribution >= 0.6 is 11.8 Å². The fraction of sp³-hybridized carbons (Fsp3) is 0.222. The number of imide groups is 1. The zero-order valence-electron chi connectivity index (χ0n) is 19.4. The van der Waals surface area contributed by atoms with Crippen LogP contribution in [-0.4, -0.2) is 28.3 Å². The highest BCUT2D eigenvalue weighted by molar-refractivity contribution is 8.19. The molecule has 0 saturated carbocycles. The molecule has 1 aromatic heterocycles. The minimum absolute atomic E-state index is 0.308. The number of esters is 1. The number of amides is 2. The lowest BCUT2D eigenvalue weighted by Gasteiger charge is -2.11. The molecule has 0 radical (unpaired) electrons. The van der Waals surface area contributed by atoms with E-state index in [9.17, 15) is 14.4 Å². The van der Waals surface area contributed by atoms with Crippen LogP contribution in [0, 0.1) is 13.8 Å². The van der Waals surface area contributed by atoms with Gasteiger partial charge in [0.05, 0.1) is 22.8 Å². The predicted molar refractivity (Wildman–Crippen MR) is 135 cm³/mol. The van der Waals surface area contributed by atoms with Gasteiger partial charge >= 0.3 is 5.97 Å². The normalized spacial score (nSPS) is 14.8. The molecule has 1 aliphatic rings. The maximum absolute atomic E-state index is 13.0. The lowest BCUT2D eigenvalue weighted by atomic mass is 10.2. The number of carbonyl (C=O) groups excluding carboxylic acids is 3. The molecule has 6 nitrogen and oxygen atoms in total. The van der Waals surface area contributed by atoms with Crippen LogP contribution < -0.4 is 4.90 Å². The van der Waals surface area contributed by atoms with Crippen LogP contribution in [0.15, 0.2) is 65.6 Å². The van der Waals surface area contributed by atoms with Crippen LogP contribution in [0.5, 0.6) is 0 Å². The molecular weight excluding hydrogens is 448 g/mol. The summed E-state index contributed by atoms with van der Waals surface area (Å²) >= 11 is 0.942. The minimum atomic E-state index is -0.323. The smallest absolute Gasteiger partial charge is 0.338 e. The number of anilines is 1. The Morgan fingerprint density at radius 3 is 2.38 bits per heavy atom. The Hall–Kier alpha value is -3.58. The quantitative estimate of drug-likeness (QED) is 0.229. The van der Waals surface area contributed by atoms with E-state index in [4.69, 9.17) is 4.74 Å². The van der Waals surface area contributed by atoms with Gasteiger partial charge in [-0.3, -0.25) is 9.59 Å². The highest BCUT2D eigenvalue weighted by Crippen LogP contribution is 2.36. The number of aryl methyl sites for hydroxylation is 1. The molecule has 2 heterocycles. The summed E-state index contributed by atoms with van der Waals surface area (Å²) in [6.07, 6.45) is 3.59. The van der Waals surface area contributed by atoms with Crippen LogP contribution in [0.2, 0.25) is 0 Å². The SMILES string of the molecule is CCCCOC(=O)c1ccc(-n2c(C)cc(/C=C3\SC(=O)N(c4ccccc4)C3=O)c2C)cc1. The molecular formula is C27H26N2O4S. The topological polar surface area (TPSA) is 68.6 Å². The number of aromatic nitrogens is 1. The Morgan fingerprint density at radius 2 is 1.71 bits per heavy atom. The summed E-state index contributed by atoms with van der Waals surface area (Å²) in [6.45, 7) is 6.42. The molecule has 0 atom stereocenters. The van der Waals surface area contributed by atoms with Crippen molar-refractivity contribution in [3.05, 3.63) is 88.1 Å². The minimum Gasteiger partial charge on any atom is -0.462 e. The number of nitrogens with zero attached hydrogens (tertiary/aromatic N) is 2. The lowest BCUT2D eigenvalue weighted by Crippen LogP contribution is -2.27. The number of unbranched alkanes of at least 4 members (excludes halogenated alkanes) is 1. The third-order valence-corrected chi connectivity index (χ3v) is 6.53. The molecule has 2 aromatic carbocycles. The van der Waals surface area contributed by atoms with Crippen molar-refractivity contribution >= 4 is 40.6 Å². The molecule has 1 saturated heterocycles. The van der Waals surface area contributed by atoms with Crippen molar-refractivity contribution in [2.75, 3.05) is 11.5 Å². The van der Waals surface area contributed by atoms with Gasteiger partial charge < -0.3 is 9.30 Å². The maximum Gasteiger partial charge on any atom is 0.338 e. The zero-order chi connectivity index (χ0) is 24.2. The van der Waals surface area contributed by atoms with E-state index in [1.165, 1.54) is 4.90 Å². The molecule has 3 aromatic rings. The molecule has 1 aliphatic heterocycles. The van der Waals surface area contributed by atoms with Crippen molar-refractivity contribution in [3.63, 3.8) is 0 Å². The largest absolute Gasteiger partial charge is 0.462 e. The van der Waals surface area contributed by atoms with Crippen molar-refractivity contribution in [3.8, 4) is 5.69 Å². The van der Waals surface area contributed by atoms with Crippen molar-refractivity contribution in [2.24, 2.45) is 0 Å². The average molecular weight is 475 g/mol. The van der Waals surface area contributed by atoms with Gasteiger partial charge in [0.25, 0.3) is 11.1 Å². The fourth-order valence-electron chi connectivity index (χ4n) is 3.88. The standard InChI is InChI=1S/C27H26N2O4S/c1-4-5-15-33-26(31)20-11-13-23(14-12-20)28-18(2)16-21(19(28)3)17-24-25(30)29(27(32)34-24)22-9-7-6-8-10-22/h6-14,16-17H,4-5,15H2,1-3H3/b24-17-. The Labute approximate surface area is 203 Å². The van der Waals surface area contributed by atoms with Crippen molar-refractivity contribution in [1.82, 2.24) is 4.57 Å². The third-order valence-electron chi connectivity index (χ3n) is 5.66. The molecule has 34 heavy (non-hydrogen) atoms. The van der Waals surface area contributed by atoms with Gasteiger partial charge in [0.2, 0.25) is 0 Å². The summed E-state index contributed by atoms with van der Waals surface area (Å²) in [7, 11) is 0. The monoisotopic (exact) mass is 474 g/mol. The first-order valence-corrected chi connectivity index (χ1v) is 12.0. The molecule has 0 N–H and O–H groups in total. The highest BCUT2D eigenvalue weighted by atomic mass is 32.2. The van der Waals surface area contributed by atoms with E-state index in [1.807, 2.05) is 45.0 Å². The predicted octanol–water partition coefficient (Wildman–Crippen LogP) is 6.29. The highest BCUT2D eigenvalue weighted by Gasteiger charge is 2.36. The first-order valence-electron chi connectivity index (χ1n) is 11.2. The number of rotatable bonds is 7. The number of para-hydroxylation sites is 1. The van der Waals surface area contributed by atoms with Gasteiger partial charge in [-0.15, -0.1) is 0 Å². The Kier molecular flexibility index (Phi) is 7.03. The van der Waals surface area contributed by atoms with E-state index in [0.29, 0.717) is 22.8 Å². The molecule has 0 bridgehead atoms. The van der Waals surface area contributed by atoms with E-state index in [2.05, 4.69) is 4.57 Å². The molecule has 2 amide bonds. The van der Waals surface area contributed by atoms with Crippen LogP contribution in [-0.2, 0) is 9.53 Å². The van der Waals surface area contributed by atoms with Gasteiger partial charge in [0.15, 0.2) is 0 Å². The maximum atomic E-state index is 13.0. The molecule has 0 aliphatic carbocycles. The molecule has 1 fully saturated rings. The fourth-order valence-corrected chi connectivity index (χ4v) is 4.71. The van der Waals surface area contributed by atoms with Crippen molar-refractivity contribution < 1.29 is 19.1 Å². The molecule has 4 rings (SSSR count). The van der Waals surface area contributed by atoms with Crippen LogP contribution in [0.25, 0.3) is 11.8 Å². The van der Waals surface area contributed by atoms with E-state index < -0.39 is 0 Å². The molecule has 7 heteroatoms. The number of hydrogen-bond donors (Lipinski definition) is 0. The van der Waals surface area contributed by atoms with E-state index in [-0.39, 0.29) is 17.1 Å². The number of carbonyl (C=O) groups is 3. The first kappa shape index (κ1) is 23.6. The van der Waals surface area contributed by atoms with E-state index in [1.54, 1.807) is 42.5 Å². The van der Waals surface area contributed by atoms with Crippen molar-refractivity contribution in [1.29, 1.82) is 0 Å². The van der Waals surface area contributed by atoms with Gasteiger partial charge in [0.1, 0.15) is 0 Å². The van der Waals surface area contributed by atoms with Crippen LogP contribution in [0.3, 0.4) is 0 Å². The van der Waals surface area contributed by atoms with Gasteiger partial charge in [0, 0.05) is 17.1 Å². The van der Waals surface area contributed by atoms with Gasteiger partial charge in [-0.1, -0.05) is 31.5 Å². The summed E-state index contributed by atoms with van der Waals surface area (Å²) in [5.74, 6) is -0.646. The number of benzene rings is 2. The number of hydrogen-bond acceptors (Lipinski definition) is 5. The van der Waals surface area contributed by atoms with Gasteiger partial charge in [-0.25, -0.2) is 9.69 Å². The Balaban J connectivity index is 1.57. The zero-order valence-corrected chi connectivity index (χ0v) is 20.2. The van der Waals surface area contributed by atoms with Crippen LogP contribution in [0.1, 0.15) is 47.1 Å². The van der Waals surface area contributed by atoms with Gasteiger partial charge in [-0.2, -0.15) is 0 Å². The number of thioether (sulfide) groups is 1. The summed E-state index contributed by atoms with van der Waals surface area (Å²) in [6, 6.07) is 18.2. The summed E-state index contributed by atoms with van der Waals surface area (Å²) in [4.78, 5) is 39.2. The Bertz CT molecular complexity index is 1260. The summed E-state index contributed by atoms with van der Waals surface area (Å²) < 4.78 is 7.34. The second-order valence-corrected chi connectivity index (χ2v) is 9.04. The average Bonchev–Trinajstić information content (AvgIpc) is 3.28. The summed E-state index contributed by atoms with van der Waals surface area (Å²) in [5, 5.41) is -0.308. The third kappa shape index (κ3) is 4.70. The molecule has 174 valence electrons. The van der Waals surface area contributed by atoms with E-state index >= 15 is 0 Å². The molecule has 0 unspecified atom stereocenters. The lowest BCUT2D eigenvalue weighted by molar-refractivity contribution is -0.113. The van der Waals surface area contributed by atoms with Gasteiger partial charge in [-0.05, 0) is 86.1 Å². The second kappa shape index (κ2) is 10.1. The molecule has 0 spiro atoms. The van der Waals surface area contributed by atoms with Crippen LogP contribution in [0.4, 0.5) is 10.5 Å². The van der Waals surface area contributed by atoms with Crippen molar-refractivity contribution in [2.45, 2.75) is 33.6 Å². The number of ether oxygens (including phenoxy) is 1.